The van der Waals surface area contributed by atoms with Gasteiger partial charge in [-0.3, -0.25) is 9.59 Å². The molecule has 0 aliphatic heterocycles. The zero-order valence-electron chi connectivity index (χ0n) is 20.3. The highest BCUT2D eigenvalue weighted by Gasteiger charge is 2.27. The van der Waals surface area contributed by atoms with Crippen LogP contribution in [0.2, 0.25) is 0 Å². The van der Waals surface area contributed by atoms with Crippen molar-refractivity contribution in [2.45, 2.75) is 31.5 Å². The Morgan fingerprint density at radius 1 is 0.676 bits per heavy atom. The molecule has 2 atom stereocenters. The minimum Gasteiger partial charge on any atom is -0.445 e. The number of hydrogen-bond donors (Lipinski definition) is 3. The van der Waals surface area contributed by atoms with Crippen molar-refractivity contribution in [2.24, 2.45) is 5.73 Å². The first-order valence-electron chi connectivity index (χ1n) is 12.1. The van der Waals surface area contributed by atoms with Gasteiger partial charge in [0.15, 0.2) is 0 Å². The zero-order chi connectivity index (χ0) is 26.0. The Bertz CT molecular complexity index is 1350. The number of benzene rings is 4. The predicted molar refractivity (Wildman–Crippen MR) is 142 cm³/mol. The molecule has 0 radical (unpaired) electrons. The number of alkyl carbamates (subject to hydrolysis) is 1. The minimum absolute atomic E-state index is 0.0668. The maximum Gasteiger partial charge on any atom is 0.408 e. The van der Waals surface area contributed by atoms with Gasteiger partial charge in [-0.2, -0.15) is 0 Å². The summed E-state index contributed by atoms with van der Waals surface area (Å²) in [6, 6.07) is 30.2. The molecule has 37 heavy (non-hydrogen) atoms. The lowest BCUT2D eigenvalue weighted by Crippen LogP contribution is -2.54. The number of amides is 3. The lowest BCUT2D eigenvalue weighted by molar-refractivity contribution is -0.128. The summed E-state index contributed by atoms with van der Waals surface area (Å²) >= 11 is 0. The highest BCUT2D eigenvalue weighted by atomic mass is 16.5. The summed E-state index contributed by atoms with van der Waals surface area (Å²) in [6.45, 7) is 0.0668. The SMILES string of the molecule is NC(=O)[C@@H](Cc1cccc2ccccc12)NC(=O)[C@H](Cc1ccccc1)NC(=O)OCc1ccccc1. The Morgan fingerprint density at radius 3 is 2.00 bits per heavy atom. The van der Waals surface area contributed by atoms with Crippen LogP contribution in [-0.4, -0.2) is 30.0 Å². The van der Waals surface area contributed by atoms with Crippen LogP contribution in [0.25, 0.3) is 10.8 Å². The van der Waals surface area contributed by atoms with E-state index in [0.717, 1.165) is 27.5 Å². The molecule has 4 N–H and O–H groups in total. The fraction of sp³-hybridized carbons (Fsp3) is 0.167. The summed E-state index contributed by atoms with van der Waals surface area (Å²) in [5.74, 6) is -1.18. The third-order valence-corrected chi connectivity index (χ3v) is 6.07. The topological polar surface area (TPSA) is 111 Å². The minimum atomic E-state index is -0.972. The zero-order valence-corrected chi connectivity index (χ0v) is 20.3. The van der Waals surface area contributed by atoms with E-state index in [1.807, 2.05) is 103 Å². The number of carbonyl (C=O) groups is 3. The van der Waals surface area contributed by atoms with Gasteiger partial charge in [0.2, 0.25) is 11.8 Å². The second-order valence-corrected chi connectivity index (χ2v) is 8.75. The molecule has 3 amide bonds. The summed E-state index contributed by atoms with van der Waals surface area (Å²) in [5, 5.41) is 7.40. The highest BCUT2D eigenvalue weighted by Crippen LogP contribution is 2.20. The van der Waals surface area contributed by atoms with E-state index >= 15 is 0 Å². The van der Waals surface area contributed by atoms with Crippen LogP contribution in [0.1, 0.15) is 16.7 Å². The van der Waals surface area contributed by atoms with Crippen LogP contribution >= 0.6 is 0 Å². The molecule has 0 unspecified atom stereocenters. The summed E-state index contributed by atoms with van der Waals surface area (Å²) in [4.78, 5) is 38.2. The molecule has 0 bridgehead atoms. The van der Waals surface area contributed by atoms with E-state index in [2.05, 4.69) is 10.6 Å². The lowest BCUT2D eigenvalue weighted by atomic mass is 9.98. The first kappa shape index (κ1) is 25.4. The normalized spacial score (nSPS) is 12.3. The van der Waals surface area contributed by atoms with Crippen molar-refractivity contribution in [3.63, 3.8) is 0 Å². The van der Waals surface area contributed by atoms with Crippen molar-refractivity contribution in [2.75, 3.05) is 0 Å². The van der Waals surface area contributed by atoms with Crippen LogP contribution in [-0.2, 0) is 33.8 Å². The van der Waals surface area contributed by atoms with Crippen LogP contribution in [0.15, 0.2) is 103 Å². The Hall–Kier alpha value is -4.65. The number of fused-ring (bicyclic) bond motifs is 1. The molecule has 0 saturated heterocycles. The molecule has 4 aromatic carbocycles. The fourth-order valence-electron chi connectivity index (χ4n) is 4.15. The van der Waals surface area contributed by atoms with Gasteiger partial charge >= 0.3 is 6.09 Å². The number of carbonyl (C=O) groups excluding carboxylic acids is 3. The van der Waals surface area contributed by atoms with Crippen LogP contribution in [0.3, 0.4) is 0 Å². The van der Waals surface area contributed by atoms with Crippen LogP contribution < -0.4 is 16.4 Å². The second kappa shape index (κ2) is 12.4. The summed E-state index contributed by atoms with van der Waals surface area (Å²) < 4.78 is 5.32. The number of nitrogens with one attached hydrogen (secondary N) is 2. The standard InChI is InChI=1S/C30H29N3O4/c31-28(34)26(19-24-16-9-15-23-14-7-8-17-25(23)24)32-29(35)27(18-21-10-3-1-4-11-21)33-30(36)37-20-22-12-5-2-6-13-22/h1-17,26-27H,18-20H2,(H2,31,34)(H,32,35)(H,33,36)/t26-,27+/m1/s1. The lowest BCUT2D eigenvalue weighted by Gasteiger charge is -2.22. The Balaban J connectivity index is 1.48. The third-order valence-electron chi connectivity index (χ3n) is 6.07. The van der Waals surface area contributed by atoms with Gasteiger partial charge in [-0.05, 0) is 27.5 Å². The van der Waals surface area contributed by atoms with Gasteiger partial charge in [-0.25, -0.2) is 4.79 Å². The van der Waals surface area contributed by atoms with E-state index in [4.69, 9.17) is 10.5 Å². The van der Waals surface area contributed by atoms with E-state index in [9.17, 15) is 14.4 Å². The maximum absolute atomic E-state index is 13.3. The quantitative estimate of drug-likeness (QED) is 0.310. The molecule has 188 valence electrons. The largest absolute Gasteiger partial charge is 0.445 e. The van der Waals surface area contributed by atoms with Crippen molar-refractivity contribution in [3.8, 4) is 0 Å². The monoisotopic (exact) mass is 495 g/mol. The van der Waals surface area contributed by atoms with Crippen molar-refractivity contribution >= 4 is 28.7 Å². The molecule has 0 aliphatic carbocycles. The number of nitrogens with two attached hydrogens (primary N) is 1. The van der Waals surface area contributed by atoms with Crippen molar-refractivity contribution in [1.29, 1.82) is 0 Å². The molecule has 0 aliphatic rings. The molecule has 0 heterocycles. The van der Waals surface area contributed by atoms with Crippen LogP contribution in [0, 0.1) is 0 Å². The van der Waals surface area contributed by atoms with E-state index in [-0.39, 0.29) is 19.4 Å². The average Bonchev–Trinajstić information content (AvgIpc) is 2.92. The number of primary amides is 1. The highest BCUT2D eigenvalue weighted by molar-refractivity contribution is 5.92. The average molecular weight is 496 g/mol. The van der Waals surface area contributed by atoms with E-state index in [0.29, 0.717) is 0 Å². The summed E-state index contributed by atoms with van der Waals surface area (Å²) in [7, 11) is 0. The first-order chi connectivity index (χ1) is 18.0. The summed E-state index contributed by atoms with van der Waals surface area (Å²) in [6.07, 6.45) is -0.296. The van der Waals surface area contributed by atoms with Gasteiger partial charge < -0.3 is 21.1 Å². The molecule has 0 fully saturated rings. The van der Waals surface area contributed by atoms with Crippen molar-refractivity contribution in [3.05, 3.63) is 120 Å². The molecular weight excluding hydrogens is 466 g/mol. The first-order valence-corrected chi connectivity index (χ1v) is 12.1. The molecule has 0 saturated carbocycles. The maximum atomic E-state index is 13.3. The number of rotatable bonds is 10. The Labute approximate surface area is 215 Å². The summed E-state index contributed by atoms with van der Waals surface area (Å²) in [5.41, 5.74) is 8.23. The Morgan fingerprint density at radius 2 is 1.30 bits per heavy atom. The van der Waals surface area contributed by atoms with Crippen LogP contribution in [0.5, 0.6) is 0 Å². The molecule has 7 nitrogen and oxygen atoms in total. The van der Waals surface area contributed by atoms with Gasteiger partial charge in [0.25, 0.3) is 0 Å². The van der Waals surface area contributed by atoms with Gasteiger partial charge in [0.05, 0.1) is 0 Å². The number of ether oxygens (including phenoxy) is 1. The van der Waals surface area contributed by atoms with Gasteiger partial charge in [-0.1, -0.05) is 103 Å². The number of hydrogen-bond acceptors (Lipinski definition) is 4. The van der Waals surface area contributed by atoms with E-state index < -0.39 is 30.0 Å². The molecular formula is C30H29N3O4. The van der Waals surface area contributed by atoms with E-state index in [1.54, 1.807) is 0 Å². The molecule has 7 heteroatoms. The van der Waals surface area contributed by atoms with Gasteiger partial charge in [0.1, 0.15) is 18.7 Å². The molecule has 0 spiro atoms. The van der Waals surface area contributed by atoms with Crippen LogP contribution in [0.4, 0.5) is 4.79 Å². The van der Waals surface area contributed by atoms with Gasteiger partial charge in [-0.15, -0.1) is 0 Å². The van der Waals surface area contributed by atoms with Crippen molar-refractivity contribution < 1.29 is 19.1 Å². The second-order valence-electron chi connectivity index (χ2n) is 8.75. The molecule has 4 aromatic rings. The van der Waals surface area contributed by atoms with Gasteiger partial charge in [0, 0.05) is 12.8 Å². The van der Waals surface area contributed by atoms with Crippen molar-refractivity contribution in [1.82, 2.24) is 10.6 Å². The molecule has 0 aromatic heterocycles. The molecule has 4 rings (SSSR count). The van der Waals surface area contributed by atoms with E-state index in [1.165, 1.54) is 0 Å². The Kier molecular flexibility index (Phi) is 8.49. The third kappa shape index (κ3) is 7.18. The predicted octanol–water partition coefficient (Wildman–Crippen LogP) is 3.89. The fourth-order valence-corrected chi connectivity index (χ4v) is 4.15. The smallest absolute Gasteiger partial charge is 0.408 e.